The third-order valence-corrected chi connectivity index (χ3v) is 14.0. The van der Waals surface area contributed by atoms with Crippen molar-refractivity contribution >= 4 is 73.8 Å². The number of thiazole rings is 1. The molecule has 16 heteroatoms. The second kappa shape index (κ2) is 12.8. The minimum absolute atomic E-state index is 0.00936. The van der Waals surface area contributed by atoms with Gasteiger partial charge in [0, 0.05) is 26.8 Å². The minimum atomic E-state index is -3.86. The Bertz CT molecular complexity index is 2240. The molecule has 2 bridgehead atoms. The molecule has 3 amide bonds. The van der Waals surface area contributed by atoms with Gasteiger partial charge in [-0.3, -0.25) is 24.1 Å². The molecule has 7 atom stereocenters. The Kier molecular flexibility index (Phi) is 8.53. The lowest BCUT2D eigenvalue weighted by Crippen LogP contribution is -2.42. The van der Waals surface area contributed by atoms with Gasteiger partial charge >= 0.3 is 4.87 Å². The number of anilines is 2. The molecule has 6 unspecified atom stereocenters. The van der Waals surface area contributed by atoms with E-state index in [0.717, 1.165) is 33.2 Å². The molecule has 264 valence electrons. The molecule has 51 heavy (non-hydrogen) atoms. The Balaban J connectivity index is 1.07. The van der Waals surface area contributed by atoms with Crippen LogP contribution in [0.2, 0.25) is 5.02 Å². The molecular formula is C35H31ClN4O8S3. The molecule has 12 nitrogen and oxygen atoms in total. The summed E-state index contributed by atoms with van der Waals surface area (Å²) in [5, 5.41) is 9.13. The van der Waals surface area contributed by atoms with E-state index in [4.69, 9.17) is 26.2 Å². The van der Waals surface area contributed by atoms with Gasteiger partial charge in [-0.05, 0) is 97.3 Å². The van der Waals surface area contributed by atoms with Crippen LogP contribution >= 0.6 is 34.7 Å². The number of primary sulfonamides is 1. The highest BCUT2D eigenvalue weighted by Gasteiger charge is 2.69. The predicted octanol–water partition coefficient (Wildman–Crippen LogP) is 4.83. The Labute approximate surface area is 305 Å². The van der Waals surface area contributed by atoms with Gasteiger partial charge < -0.3 is 19.8 Å². The van der Waals surface area contributed by atoms with Crippen LogP contribution in [-0.4, -0.2) is 49.6 Å². The van der Waals surface area contributed by atoms with Crippen LogP contribution in [0.25, 0.3) is 0 Å². The van der Waals surface area contributed by atoms with Crippen molar-refractivity contribution in [1.29, 1.82) is 0 Å². The number of hydrogen-bond donors (Lipinski definition) is 3. The largest absolute Gasteiger partial charge is 0.490 e. The maximum atomic E-state index is 14.0. The predicted molar refractivity (Wildman–Crippen MR) is 192 cm³/mol. The highest BCUT2D eigenvalue weighted by atomic mass is 35.5. The smallest absolute Gasteiger partial charge is 0.305 e. The summed E-state index contributed by atoms with van der Waals surface area (Å²) < 4.78 is 35.0. The molecule has 1 saturated heterocycles. The Morgan fingerprint density at radius 3 is 2.37 bits per heavy atom. The number of thioether (sulfide) groups is 1. The maximum Gasteiger partial charge on any atom is 0.305 e. The first-order chi connectivity index (χ1) is 24.4. The molecular weight excluding hydrogens is 736 g/mol. The highest BCUT2D eigenvalue weighted by Crippen LogP contribution is 2.68. The quantitative estimate of drug-likeness (QED) is 0.201. The van der Waals surface area contributed by atoms with Crippen LogP contribution in [0.1, 0.15) is 29.7 Å². The van der Waals surface area contributed by atoms with Crippen LogP contribution in [0.15, 0.2) is 81.4 Å². The number of aromatic nitrogens is 1. The van der Waals surface area contributed by atoms with E-state index in [9.17, 15) is 27.6 Å². The lowest BCUT2D eigenvalue weighted by atomic mass is 9.68. The van der Waals surface area contributed by atoms with Gasteiger partial charge in [0.2, 0.25) is 21.8 Å². The van der Waals surface area contributed by atoms with Crippen molar-refractivity contribution in [1.82, 2.24) is 4.98 Å². The first kappa shape index (κ1) is 34.0. The molecule has 4 aliphatic rings. The van der Waals surface area contributed by atoms with Crippen molar-refractivity contribution < 1.29 is 32.3 Å². The molecule has 3 fully saturated rings. The van der Waals surface area contributed by atoms with Gasteiger partial charge in [-0.1, -0.05) is 29.0 Å². The van der Waals surface area contributed by atoms with Crippen LogP contribution in [-0.2, 0) is 24.4 Å². The van der Waals surface area contributed by atoms with Crippen molar-refractivity contribution in [3.8, 4) is 11.5 Å². The average Bonchev–Trinajstić information content (AvgIpc) is 3.83. The van der Waals surface area contributed by atoms with Gasteiger partial charge in [0.15, 0.2) is 18.1 Å². The number of carbonyl (C=O) groups excluding carboxylic acids is 3. The summed E-state index contributed by atoms with van der Waals surface area (Å²) in [6.07, 6.45) is 0.749. The van der Waals surface area contributed by atoms with Crippen molar-refractivity contribution in [3.63, 3.8) is 0 Å². The van der Waals surface area contributed by atoms with Crippen LogP contribution < -0.4 is 29.7 Å². The molecule has 2 aliphatic carbocycles. The molecule has 8 rings (SSSR count). The molecule has 2 aliphatic heterocycles. The first-order valence-electron chi connectivity index (χ1n) is 16.3. The summed E-state index contributed by atoms with van der Waals surface area (Å²) in [6.45, 7) is 1.81. The number of hydrogen-bond acceptors (Lipinski definition) is 10. The van der Waals surface area contributed by atoms with E-state index < -0.39 is 27.8 Å². The fourth-order valence-electron chi connectivity index (χ4n) is 8.41. The van der Waals surface area contributed by atoms with Crippen LogP contribution in [0.3, 0.4) is 0 Å². The number of sulfonamides is 1. The number of aromatic amines is 1. The Hall–Kier alpha value is -4.15. The molecule has 3 aromatic carbocycles. The fraction of sp³-hybridized carbons (Fsp3) is 0.314. The number of fused-ring (bicyclic) bond motifs is 9. The van der Waals surface area contributed by atoms with Crippen molar-refractivity contribution in [3.05, 3.63) is 91.9 Å². The second-order valence-electron chi connectivity index (χ2n) is 13.0. The zero-order chi connectivity index (χ0) is 35.8. The number of amides is 3. The molecule has 1 aromatic heterocycles. The Morgan fingerprint density at radius 1 is 0.980 bits per heavy atom. The molecule has 4 N–H and O–H groups in total. The number of nitrogens with two attached hydrogens (primary N) is 1. The average molecular weight is 767 g/mol. The summed E-state index contributed by atoms with van der Waals surface area (Å²) in [7, 11) is -3.86. The van der Waals surface area contributed by atoms with Gasteiger partial charge in [-0.25, -0.2) is 13.6 Å². The molecule has 0 spiro atoms. The number of rotatable bonds is 9. The van der Waals surface area contributed by atoms with Crippen LogP contribution in [0.5, 0.6) is 11.5 Å². The van der Waals surface area contributed by atoms with Gasteiger partial charge in [0.25, 0.3) is 5.91 Å². The number of halogens is 1. The zero-order valence-corrected chi connectivity index (χ0v) is 30.1. The minimum Gasteiger partial charge on any atom is -0.490 e. The Morgan fingerprint density at radius 2 is 1.69 bits per heavy atom. The van der Waals surface area contributed by atoms with E-state index in [0.29, 0.717) is 34.5 Å². The number of benzene rings is 3. The van der Waals surface area contributed by atoms with Crippen molar-refractivity contribution in [2.75, 3.05) is 23.4 Å². The normalized spacial score (nSPS) is 26.1. The van der Waals surface area contributed by atoms with Gasteiger partial charge in [-0.15, -0.1) is 11.8 Å². The summed E-state index contributed by atoms with van der Waals surface area (Å²) >= 11 is 8.87. The van der Waals surface area contributed by atoms with E-state index in [2.05, 4.69) is 10.3 Å². The third-order valence-electron chi connectivity index (χ3n) is 10.3. The summed E-state index contributed by atoms with van der Waals surface area (Å²) in [5.41, 5.74) is 1.77. The fourth-order valence-corrected chi connectivity index (χ4v) is 11.9. The summed E-state index contributed by atoms with van der Waals surface area (Å²) in [4.78, 5) is 58.4. The highest BCUT2D eigenvalue weighted by molar-refractivity contribution is 8.00. The first-order valence-corrected chi connectivity index (χ1v) is 19.9. The van der Waals surface area contributed by atoms with Crippen molar-refractivity contribution in [2.45, 2.75) is 34.4 Å². The monoisotopic (exact) mass is 766 g/mol. The van der Waals surface area contributed by atoms with Gasteiger partial charge in [-0.2, -0.15) is 0 Å². The molecule has 4 aromatic rings. The topological polar surface area (TPSA) is 178 Å². The van der Waals surface area contributed by atoms with Gasteiger partial charge in [0.1, 0.15) is 0 Å². The van der Waals surface area contributed by atoms with Crippen LogP contribution in [0.4, 0.5) is 11.4 Å². The lowest BCUT2D eigenvalue weighted by molar-refractivity contribution is -0.123. The number of imide groups is 1. The number of ether oxygens (including phenoxy) is 2. The third kappa shape index (κ3) is 5.84. The number of carbonyl (C=O) groups is 3. The number of nitrogens with zero attached hydrogens (tertiary/aromatic N) is 1. The molecule has 3 heterocycles. The second-order valence-corrected chi connectivity index (χ2v) is 17.2. The van der Waals surface area contributed by atoms with E-state index in [1.807, 2.05) is 19.1 Å². The molecule has 0 radical (unpaired) electrons. The lowest BCUT2D eigenvalue weighted by Gasteiger charge is -2.43. The van der Waals surface area contributed by atoms with Crippen LogP contribution in [0, 0.1) is 29.6 Å². The van der Waals surface area contributed by atoms with E-state index in [1.54, 1.807) is 42.1 Å². The number of H-pyrrole nitrogens is 1. The van der Waals surface area contributed by atoms with E-state index in [1.165, 1.54) is 29.2 Å². The number of nitrogens with one attached hydrogen (secondary N) is 2. The molecule has 2 saturated carbocycles. The van der Waals surface area contributed by atoms with E-state index >= 15 is 0 Å². The summed E-state index contributed by atoms with van der Waals surface area (Å²) in [5.74, 6) is -1.33. The summed E-state index contributed by atoms with van der Waals surface area (Å²) in [6, 6.07) is 17.7. The van der Waals surface area contributed by atoms with Crippen molar-refractivity contribution in [2.24, 2.45) is 34.7 Å². The maximum absolute atomic E-state index is 14.0. The zero-order valence-electron chi connectivity index (χ0n) is 26.9. The SMILES string of the molecule is CCOc1cc([C@H]2c3sc(=O)[nH]c3SC3C4CC(C5C(=O)N(c6ccc(Cl)cc6)C(=O)C45)C32)ccc1OCC(=O)Nc1ccc(S(N)(=O)=O)cc1. The van der Waals surface area contributed by atoms with Gasteiger partial charge in [0.05, 0.1) is 34.1 Å². The standard InChI is InChI=1S/C35H31ClN4O8S3/c1-2-47-24-13-16(3-12-23(24)48-15-25(41)38-18-6-10-20(11-7-18)51(37,45)46)26-27-21-14-22(30(27)49-32-31(26)50-35(44)39-32)29-28(21)33(42)40(34(29)43)19-8-4-17(36)5-9-19/h3-13,21-22,26-30H,2,14-15H2,1H3,(H,38,41)(H,39,44)(H2,37,45,46)/t21?,22?,26-,27?,28?,29?,30?/m1/s1. The van der Waals surface area contributed by atoms with E-state index in [-0.39, 0.29) is 57.1 Å².